The predicted octanol–water partition coefficient (Wildman–Crippen LogP) is 4.17. The third-order valence-electron chi connectivity index (χ3n) is 4.23. The molecule has 8 nitrogen and oxygen atoms in total. The fourth-order valence-electron chi connectivity index (χ4n) is 2.71. The number of ether oxygens (including phenoxy) is 2. The molecule has 0 atom stereocenters. The van der Waals surface area contributed by atoms with E-state index in [4.69, 9.17) is 9.47 Å². The molecule has 0 N–H and O–H groups in total. The number of nitro benzene ring substituents is 1. The monoisotopic (exact) mass is 427 g/mol. The van der Waals surface area contributed by atoms with Crippen LogP contribution in [0.5, 0.6) is 5.75 Å². The van der Waals surface area contributed by atoms with Gasteiger partial charge in [0, 0.05) is 43.3 Å². The van der Waals surface area contributed by atoms with Gasteiger partial charge in [0.15, 0.2) is 11.7 Å². The molecule has 30 heavy (non-hydrogen) atoms. The van der Waals surface area contributed by atoms with Crippen molar-refractivity contribution in [1.29, 1.82) is 0 Å². The second-order valence-electron chi connectivity index (χ2n) is 6.31. The summed E-state index contributed by atoms with van der Waals surface area (Å²) < 4.78 is 10.6. The first-order chi connectivity index (χ1) is 14.6. The molecule has 0 fully saturated rings. The zero-order valence-electron chi connectivity index (χ0n) is 16.4. The average molecular weight is 427 g/mol. The first-order valence-corrected chi connectivity index (χ1v) is 10.1. The maximum Gasteiger partial charge on any atom is 0.269 e. The van der Waals surface area contributed by atoms with E-state index in [9.17, 15) is 14.9 Å². The highest BCUT2D eigenvalue weighted by molar-refractivity contribution is 7.14. The van der Waals surface area contributed by atoms with Gasteiger partial charge in [0.05, 0.1) is 10.6 Å². The molecular weight excluding hydrogens is 406 g/mol. The van der Waals surface area contributed by atoms with E-state index in [0.29, 0.717) is 30.5 Å². The molecule has 1 amide bonds. The topological polar surface area (TPSA) is 94.8 Å². The zero-order valence-corrected chi connectivity index (χ0v) is 17.2. The van der Waals surface area contributed by atoms with Crippen LogP contribution in [0.15, 0.2) is 60.0 Å². The van der Waals surface area contributed by atoms with Gasteiger partial charge in [-0.25, -0.2) is 4.98 Å². The van der Waals surface area contributed by atoms with Crippen LogP contribution in [0.3, 0.4) is 0 Å². The van der Waals surface area contributed by atoms with Crippen LogP contribution in [0.25, 0.3) is 11.3 Å². The fourth-order valence-corrected chi connectivity index (χ4v) is 3.59. The van der Waals surface area contributed by atoms with Crippen LogP contribution in [0.4, 0.5) is 10.8 Å². The molecule has 1 heterocycles. The number of nitrogens with zero attached hydrogens (tertiary/aromatic N) is 3. The molecule has 0 saturated heterocycles. The molecular formula is C21H21N3O5S. The summed E-state index contributed by atoms with van der Waals surface area (Å²) in [6.45, 7) is 0.757. The fraction of sp³-hybridized carbons (Fsp3) is 0.238. The lowest BCUT2D eigenvalue weighted by Crippen LogP contribution is -2.36. The summed E-state index contributed by atoms with van der Waals surface area (Å²) in [6, 6.07) is 15.4. The van der Waals surface area contributed by atoms with Crippen molar-refractivity contribution < 1.29 is 19.2 Å². The molecule has 3 rings (SSSR count). The van der Waals surface area contributed by atoms with Crippen molar-refractivity contribution in [3.63, 3.8) is 0 Å². The average Bonchev–Trinajstić information content (AvgIpc) is 3.26. The molecule has 0 bridgehead atoms. The lowest BCUT2D eigenvalue weighted by molar-refractivity contribution is -0.384. The Labute approximate surface area is 177 Å². The van der Waals surface area contributed by atoms with Crippen LogP contribution >= 0.6 is 11.3 Å². The summed E-state index contributed by atoms with van der Waals surface area (Å²) in [7, 11) is 1.61. The van der Waals surface area contributed by atoms with E-state index < -0.39 is 4.92 Å². The molecule has 0 aliphatic heterocycles. The summed E-state index contributed by atoms with van der Waals surface area (Å²) in [4.78, 5) is 29.3. The van der Waals surface area contributed by atoms with E-state index >= 15 is 0 Å². The van der Waals surface area contributed by atoms with E-state index in [1.807, 2.05) is 35.7 Å². The number of rotatable bonds is 10. The highest BCUT2D eigenvalue weighted by Crippen LogP contribution is 2.28. The number of amides is 1. The van der Waals surface area contributed by atoms with E-state index in [0.717, 1.165) is 11.3 Å². The van der Waals surface area contributed by atoms with Crippen LogP contribution in [-0.4, -0.2) is 42.7 Å². The van der Waals surface area contributed by atoms with Crippen molar-refractivity contribution in [3.8, 4) is 17.0 Å². The quantitative estimate of drug-likeness (QED) is 0.274. The van der Waals surface area contributed by atoms with E-state index in [2.05, 4.69) is 4.98 Å². The third kappa shape index (κ3) is 5.62. The summed E-state index contributed by atoms with van der Waals surface area (Å²) in [5.41, 5.74) is 1.74. The Bertz CT molecular complexity index is 976. The lowest BCUT2D eigenvalue weighted by atomic mass is 10.2. The number of anilines is 1. The van der Waals surface area contributed by atoms with Gasteiger partial charge in [0.1, 0.15) is 5.75 Å². The van der Waals surface area contributed by atoms with Crippen LogP contribution in [0.2, 0.25) is 0 Å². The SMILES string of the molecule is COCCCN(C(=O)COc1ccc([N+](=O)[O-])cc1)c1nc(-c2ccccc2)cs1. The Kier molecular flexibility index (Phi) is 7.47. The van der Waals surface area contributed by atoms with Gasteiger partial charge in [-0.3, -0.25) is 19.8 Å². The number of carbonyl (C=O) groups excluding carboxylic acids is 1. The smallest absolute Gasteiger partial charge is 0.269 e. The maximum absolute atomic E-state index is 12.9. The van der Waals surface area contributed by atoms with Crippen molar-refractivity contribution in [1.82, 2.24) is 4.98 Å². The number of carbonyl (C=O) groups is 1. The number of hydrogen-bond acceptors (Lipinski definition) is 7. The number of aromatic nitrogens is 1. The van der Waals surface area contributed by atoms with Gasteiger partial charge in [-0.1, -0.05) is 30.3 Å². The third-order valence-corrected chi connectivity index (χ3v) is 5.10. The van der Waals surface area contributed by atoms with Crippen LogP contribution in [0.1, 0.15) is 6.42 Å². The Morgan fingerprint density at radius 2 is 1.90 bits per heavy atom. The highest BCUT2D eigenvalue weighted by Gasteiger charge is 2.20. The summed E-state index contributed by atoms with van der Waals surface area (Å²) in [5, 5.41) is 13.2. The number of non-ortho nitro benzene ring substituents is 1. The van der Waals surface area contributed by atoms with Gasteiger partial charge in [-0.05, 0) is 18.6 Å². The van der Waals surface area contributed by atoms with Gasteiger partial charge < -0.3 is 9.47 Å². The number of methoxy groups -OCH3 is 1. The van der Waals surface area contributed by atoms with Gasteiger partial charge >= 0.3 is 0 Å². The number of thiazole rings is 1. The Morgan fingerprint density at radius 3 is 2.57 bits per heavy atom. The molecule has 0 aliphatic rings. The molecule has 0 spiro atoms. The van der Waals surface area contributed by atoms with E-state index in [1.54, 1.807) is 12.0 Å². The van der Waals surface area contributed by atoms with Gasteiger partial charge in [0.2, 0.25) is 0 Å². The highest BCUT2D eigenvalue weighted by atomic mass is 32.1. The molecule has 0 radical (unpaired) electrons. The van der Waals surface area contributed by atoms with Crippen molar-refractivity contribution in [3.05, 3.63) is 70.1 Å². The van der Waals surface area contributed by atoms with Crippen molar-refractivity contribution >= 4 is 28.1 Å². The number of hydrogen-bond donors (Lipinski definition) is 0. The van der Waals surface area contributed by atoms with Crippen molar-refractivity contribution in [2.24, 2.45) is 0 Å². The lowest BCUT2D eigenvalue weighted by Gasteiger charge is -2.20. The van der Waals surface area contributed by atoms with Crippen molar-refractivity contribution in [2.45, 2.75) is 6.42 Å². The molecule has 3 aromatic rings. The van der Waals surface area contributed by atoms with Gasteiger partial charge in [-0.15, -0.1) is 11.3 Å². The number of nitro groups is 1. The van der Waals surface area contributed by atoms with Crippen molar-refractivity contribution in [2.75, 3.05) is 31.8 Å². The number of benzene rings is 2. The molecule has 2 aromatic carbocycles. The Balaban J connectivity index is 1.70. The second kappa shape index (κ2) is 10.5. The van der Waals surface area contributed by atoms with Crippen LogP contribution in [0, 0.1) is 10.1 Å². The molecule has 9 heteroatoms. The Morgan fingerprint density at radius 1 is 1.17 bits per heavy atom. The molecule has 0 unspecified atom stereocenters. The minimum absolute atomic E-state index is 0.0360. The molecule has 0 saturated carbocycles. The second-order valence-corrected chi connectivity index (χ2v) is 7.15. The van der Waals surface area contributed by atoms with Crippen LogP contribution in [-0.2, 0) is 9.53 Å². The maximum atomic E-state index is 12.9. The van der Waals surface area contributed by atoms with Gasteiger partial charge in [0.25, 0.3) is 11.6 Å². The summed E-state index contributed by atoms with van der Waals surface area (Å²) in [6.07, 6.45) is 0.653. The first kappa shape index (κ1) is 21.4. The van der Waals surface area contributed by atoms with E-state index in [-0.39, 0.29) is 18.2 Å². The Hall–Kier alpha value is -3.30. The molecule has 1 aromatic heterocycles. The standard InChI is InChI=1S/C21H21N3O5S/c1-28-13-5-12-23(21-22-19(15-30-21)16-6-3-2-4-7-16)20(25)14-29-18-10-8-17(9-11-18)24(26)27/h2-4,6-11,15H,5,12-14H2,1H3. The zero-order chi connectivity index (χ0) is 21.3. The normalized spacial score (nSPS) is 10.6. The minimum atomic E-state index is -0.487. The predicted molar refractivity (Wildman–Crippen MR) is 115 cm³/mol. The summed E-state index contributed by atoms with van der Waals surface area (Å²) >= 11 is 1.39. The summed E-state index contributed by atoms with van der Waals surface area (Å²) in [5.74, 6) is 0.133. The first-order valence-electron chi connectivity index (χ1n) is 9.26. The van der Waals surface area contributed by atoms with Crippen LogP contribution < -0.4 is 9.64 Å². The van der Waals surface area contributed by atoms with E-state index in [1.165, 1.54) is 35.6 Å². The molecule has 156 valence electrons. The minimum Gasteiger partial charge on any atom is -0.484 e. The molecule has 0 aliphatic carbocycles. The van der Waals surface area contributed by atoms with Gasteiger partial charge in [-0.2, -0.15) is 0 Å². The largest absolute Gasteiger partial charge is 0.484 e.